The van der Waals surface area contributed by atoms with Gasteiger partial charge in [0.1, 0.15) is 11.5 Å². The largest absolute Gasteiger partial charge is 0.507 e. The molecule has 1 rings (SSSR count). The number of aliphatic hydroxyl groups excluding tert-OH is 1. The minimum atomic E-state index is -1.03. The number of aliphatic hydroxyl groups is 1. The van der Waals surface area contributed by atoms with Gasteiger partial charge in [0.15, 0.2) is 0 Å². The Hall–Kier alpha value is -2.30. The Morgan fingerprint density at radius 2 is 1.95 bits per heavy atom. The smallest absolute Gasteiger partial charge is 0.378 e. The van der Waals surface area contributed by atoms with E-state index in [1.807, 2.05) is 26.8 Å². The molecule has 0 saturated carbocycles. The molecule has 0 aliphatic rings. The molecule has 0 bridgehead atoms. The van der Waals surface area contributed by atoms with E-state index in [2.05, 4.69) is 4.74 Å². The average Bonchev–Trinajstić information content (AvgIpc) is 2.44. The fourth-order valence-electron chi connectivity index (χ4n) is 1.90. The van der Waals surface area contributed by atoms with Crippen LogP contribution in [0.1, 0.15) is 30.0 Å². The standard InChI is InChI=1S/C16H20O5/c1-5-6-21-15-11(3)7-10(2)8-12(15)13(17)9-14(18)16(19)20-4/h7-9,17H,5-6H2,1-4H3/b13-9-. The SMILES string of the molecule is CCCOc1c(C)cc(C)cc1/C(O)=C/C(=O)C(=O)OC. The van der Waals surface area contributed by atoms with Gasteiger partial charge in [-0.25, -0.2) is 4.79 Å². The predicted octanol–water partition coefficient (Wildman–Crippen LogP) is 2.73. The summed E-state index contributed by atoms with van der Waals surface area (Å²) in [6.07, 6.45) is 1.66. The van der Waals surface area contributed by atoms with Gasteiger partial charge in [-0.1, -0.05) is 13.0 Å². The summed E-state index contributed by atoms with van der Waals surface area (Å²) in [6.45, 7) is 6.20. The summed E-state index contributed by atoms with van der Waals surface area (Å²) < 4.78 is 9.95. The van der Waals surface area contributed by atoms with Gasteiger partial charge in [-0.05, 0) is 37.5 Å². The van der Waals surface area contributed by atoms with E-state index in [1.165, 1.54) is 0 Å². The first kappa shape index (κ1) is 16.8. The molecule has 0 amide bonds. The van der Waals surface area contributed by atoms with Crippen molar-refractivity contribution in [1.82, 2.24) is 0 Å². The van der Waals surface area contributed by atoms with Gasteiger partial charge >= 0.3 is 5.97 Å². The Morgan fingerprint density at radius 3 is 2.52 bits per heavy atom. The summed E-state index contributed by atoms with van der Waals surface area (Å²) in [7, 11) is 1.11. The fourth-order valence-corrected chi connectivity index (χ4v) is 1.90. The second-order valence-electron chi connectivity index (χ2n) is 4.69. The number of hydrogen-bond donors (Lipinski definition) is 1. The van der Waals surface area contributed by atoms with Gasteiger partial charge in [0, 0.05) is 6.08 Å². The van der Waals surface area contributed by atoms with Gasteiger partial charge in [0.05, 0.1) is 19.3 Å². The highest BCUT2D eigenvalue weighted by atomic mass is 16.5. The van der Waals surface area contributed by atoms with Crippen LogP contribution in [0.3, 0.4) is 0 Å². The van der Waals surface area contributed by atoms with Crippen LogP contribution in [0.2, 0.25) is 0 Å². The lowest BCUT2D eigenvalue weighted by atomic mass is 10.0. The Bertz CT molecular complexity index is 572. The van der Waals surface area contributed by atoms with Crippen molar-refractivity contribution in [2.75, 3.05) is 13.7 Å². The molecule has 1 aromatic rings. The number of aryl methyl sites for hydroxylation is 2. The summed E-state index contributed by atoms with van der Waals surface area (Å²) >= 11 is 0. The van der Waals surface area contributed by atoms with Crippen molar-refractivity contribution in [2.24, 2.45) is 0 Å². The molecule has 0 heterocycles. The third-order valence-electron chi connectivity index (χ3n) is 2.80. The molecular formula is C16H20O5. The van der Waals surface area contributed by atoms with Gasteiger partial charge < -0.3 is 14.6 Å². The number of benzene rings is 1. The van der Waals surface area contributed by atoms with Crippen LogP contribution in [0.25, 0.3) is 5.76 Å². The quantitative estimate of drug-likeness (QED) is 0.378. The summed E-state index contributed by atoms with van der Waals surface area (Å²) in [5, 5.41) is 10.1. The highest BCUT2D eigenvalue weighted by Gasteiger charge is 2.17. The molecular weight excluding hydrogens is 272 g/mol. The summed E-state index contributed by atoms with van der Waals surface area (Å²) in [5.74, 6) is -1.75. The van der Waals surface area contributed by atoms with Gasteiger partial charge in [-0.15, -0.1) is 0 Å². The maximum atomic E-state index is 11.5. The second kappa shape index (κ2) is 7.47. The topological polar surface area (TPSA) is 72.8 Å². The zero-order valence-electron chi connectivity index (χ0n) is 12.7. The number of carbonyl (C=O) groups is 2. The van der Waals surface area contributed by atoms with Crippen LogP contribution in [-0.4, -0.2) is 30.6 Å². The van der Waals surface area contributed by atoms with E-state index in [0.29, 0.717) is 17.9 Å². The van der Waals surface area contributed by atoms with Crippen LogP contribution in [0.4, 0.5) is 0 Å². The van der Waals surface area contributed by atoms with Crippen LogP contribution in [0, 0.1) is 13.8 Å². The van der Waals surface area contributed by atoms with Gasteiger partial charge in [-0.3, -0.25) is 4.79 Å². The number of esters is 1. The van der Waals surface area contributed by atoms with E-state index in [9.17, 15) is 14.7 Å². The predicted molar refractivity (Wildman–Crippen MR) is 79.3 cm³/mol. The van der Waals surface area contributed by atoms with E-state index in [4.69, 9.17) is 4.74 Å². The van der Waals surface area contributed by atoms with E-state index < -0.39 is 11.8 Å². The van der Waals surface area contributed by atoms with E-state index in [-0.39, 0.29) is 5.76 Å². The number of rotatable bonds is 6. The zero-order valence-corrected chi connectivity index (χ0v) is 12.7. The summed E-state index contributed by atoms with van der Waals surface area (Å²) in [5.41, 5.74) is 2.15. The Kier molecular flexibility index (Phi) is 5.96. The molecule has 0 aromatic heterocycles. The molecule has 1 aromatic carbocycles. The minimum Gasteiger partial charge on any atom is -0.507 e. The fraction of sp³-hybridized carbons (Fsp3) is 0.375. The Labute approximate surface area is 124 Å². The summed E-state index contributed by atoms with van der Waals surface area (Å²) in [6, 6.07) is 3.62. The number of methoxy groups -OCH3 is 1. The maximum absolute atomic E-state index is 11.5. The molecule has 0 spiro atoms. The molecule has 5 heteroatoms. The van der Waals surface area contributed by atoms with Crippen LogP contribution in [-0.2, 0) is 14.3 Å². The molecule has 21 heavy (non-hydrogen) atoms. The van der Waals surface area contributed by atoms with E-state index in [1.54, 1.807) is 6.07 Å². The molecule has 0 saturated heterocycles. The number of ether oxygens (including phenoxy) is 2. The minimum absolute atomic E-state index is 0.316. The Morgan fingerprint density at radius 1 is 1.29 bits per heavy atom. The molecule has 1 N–H and O–H groups in total. The first-order chi connectivity index (χ1) is 9.90. The molecule has 5 nitrogen and oxygen atoms in total. The van der Waals surface area contributed by atoms with Crippen LogP contribution in [0.5, 0.6) is 5.75 Å². The van der Waals surface area contributed by atoms with Crippen molar-refractivity contribution in [1.29, 1.82) is 0 Å². The molecule has 0 fully saturated rings. The molecule has 0 radical (unpaired) electrons. The normalized spacial score (nSPS) is 11.1. The van der Waals surface area contributed by atoms with Crippen LogP contribution < -0.4 is 4.74 Å². The number of ketones is 1. The molecule has 0 aliphatic carbocycles. The third-order valence-corrected chi connectivity index (χ3v) is 2.80. The highest BCUT2D eigenvalue weighted by Crippen LogP contribution is 2.30. The van der Waals surface area contributed by atoms with E-state index in [0.717, 1.165) is 30.7 Å². The average molecular weight is 292 g/mol. The van der Waals surface area contributed by atoms with Gasteiger partial charge in [-0.2, -0.15) is 0 Å². The number of hydrogen-bond acceptors (Lipinski definition) is 5. The zero-order chi connectivity index (χ0) is 16.0. The maximum Gasteiger partial charge on any atom is 0.378 e. The Balaban J connectivity index is 3.23. The van der Waals surface area contributed by atoms with Gasteiger partial charge in [0.2, 0.25) is 0 Å². The van der Waals surface area contributed by atoms with Crippen LogP contribution >= 0.6 is 0 Å². The number of carbonyl (C=O) groups excluding carboxylic acids is 2. The highest BCUT2D eigenvalue weighted by molar-refractivity contribution is 6.39. The van der Waals surface area contributed by atoms with Crippen LogP contribution in [0.15, 0.2) is 18.2 Å². The van der Waals surface area contributed by atoms with Crippen molar-refractivity contribution in [2.45, 2.75) is 27.2 Å². The lowest BCUT2D eigenvalue weighted by Gasteiger charge is -2.14. The third kappa shape index (κ3) is 4.34. The molecule has 114 valence electrons. The van der Waals surface area contributed by atoms with Crippen molar-refractivity contribution < 1.29 is 24.2 Å². The first-order valence-electron chi connectivity index (χ1n) is 6.68. The molecule has 0 atom stereocenters. The first-order valence-corrected chi connectivity index (χ1v) is 6.68. The van der Waals surface area contributed by atoms with Crippen molar-refractivity contribution in [3.8, 4) is 5.75 Å². The summed E-state index contributed by atoms with van der Waals surface area (Å²) in [4.78, 5) is 22.6. The second-order valence-corrected chi connectivity index (χ2v) is 4.69. The monoisotopic (exact) mass is 292 g/mol. The van der Waals surface area contributed by atoms with Crippen molar-refractivity contribution in [3.05, 3.63) is 34.9 Å². The van der Waals surface area contributed by atoms with Crippen molar-refractivity contribution in [3.63, 3.8) is 0 Å². The molecule has 0 unspecified atom stereocenters. The lowest BCUT2D eigenvalue weighted by molar-refractivity contribution is -0.149. The van der Waals surface area contributed by atoms with Crippen molar-refractivity contribution >= 4 is 17.5 Å². The van der Waals surface area contributed by atoms with E-state index >= 15 is 0 Å². The lowest BCUT2D eigenvalue weighted by Crippen LogP contribution is -2.13. The molecule has 0 aliphatic heterocycles. The van der Waals surface area contributed by atoms with Gasteiger partial charge in [0.25, 0.3) is 5.78 Å².